The van der Waals surface area contributed by atoms with Gasteiger partial charge in [0.25, 0.3) is 0 Å². The summed E-state index contributed by atoms with van der Waals surface area (Å²) in [5, 5.41) is 3.48. The maximum absolute atomic E-state index is 14.3. The van der Waals surface area contributed by atoms with Crippen molar-refractivity contribution < 1.29 is 8.78 Å². The van der Waals surface area contributed by atoms with Gasteiger partial charge in [0.05, 0.1) is 11.1 Å². The molecule has 2 aromatic carbocycles. The summed E-state index contributed by atoms with van der Waals surface area (Å²) in [6.07, 6.45) is 0. The summed E-state index contributed by atoms with van der Waals surface area (Å²) in [5.74, 6) is -0.860. The quantitative estimate of drug-likeness (QED) is 0.590. The second-order valence-electron chi connectivity index (χ2n) is 4.41. The van der Waals surface area contributed by atoms with E-state index in [1.807, 2.05) is 6.92 Å². The van der Waals surface area contributed by atoms with Crippen molar-refractivity contribution in [2.75, 3.05) is 6.54 Å². The van der Waals surface area contributed by atoms with Crippen molar-refractivity contribution in [1.82, 2.24) is 5.32 Å². The van der Waals surface area contributed by atoms with Gasteiger partial charge in [-0.25, -0.2) is 8.78 Å². The van der Waals surface area contributed by atoms with E-state index in [9.17, 15) is 8.78 Å². The standard InChI is InChI=1S/C15H12Br2ClF2N/c1-2-21-15(14-9(16)4-3-5-12(14)19)8-6-11(18)10(17)7-13(8)20/h3-7,15,21H,2H2,1H3. The molecule has 0 radical (unpaired) electrons. The van der Waals surface area contributed by atoms with Gasteiger partial charge in [0.1, 0.15) is 11.6 Å². The van der Waals surface area contributed by atoms with Gasteiger partial charge in [-0.05, 0) is 46.7 Å². The third kappa shape index (κ3) is 3.65. The van der Waals surface area contributed by atoms with Crippen LogP contribution in [0, 0.1) is 11.6 Å². The van der Waals surface area contributed by atoms with Crippen molar-refractivity contribution >= 4 is 43.5 Å². The van der Waals surface area contributed by atoms with Crippen LogP contribution in [0.4, 0.5) is 8.78 Å². The molecule has 0 amide bonds. The SMILES string of the molecule is CCNC(c1cc(Cl)c(Br)cc1F)c1c(F)cccc1Br. The summed E-state index contributed by atoms with van der Waals surface area (Å²) >= 11 is 12.6. The number of halogens is 5. The smallest absolute Gasteiger partial charge is 0.129 e. The van der Waals surface area contributed by atoms with Crippen molar-refractivity contribution in [3.63, 3.8) is 0 Å². The molecule has 0 saturated heterocycles. The van der Waals surface area contributed by atoms with Crippen LogP contribution in [-0.2, 0) is 0 Å². The molecule has 0 fully saturated rings. The summed E-state index contributed by atoms with van der Waals surface area (Å²) in [7, 11) is 0. The molecule has 0 bridgehead atoms. The van der Waals surface area contributed by atoms with Crippen LogP contribution >= 0.6 is 43.5 Å². The molecule has 21 heavy (non-hydrogen) atoms. The van der Waals surface area contributed by atoms with Crippen LogP contribution in [0.1, 0.15) is 24.1 Å². The second kappa shape index (κ2) is 7.18. The van der Waals surface area contributed by atoms with Crippen LogP contribution in [0.25, 0.3) is 0 Å². The number of nitrogens with one attached hydrogen (secondary N) is 1. The molecular weight excluding hydrogens is 427 g/mol. The minimum atomic E-state index is -0.629. The predicted octanol–water partition coefficient (Wildman–Crippen LogP) is 5.84. The first-order valence-electron chi connectivity index (χ1n) is 6.27. The Morgan fingerprint density at radius 1 is 1.14 bits per heavy atom. The highest BCUT2D eigenvalue weighted by Crippen LogP contribution is 2.35. The molecule has 112 valence electrons. The van der Waals surface area contributed by atoms with E-state index in [4.69, 9.17) is 11.6 Å². The van der Waals surface area contributed by atoms with E-state index in [2.05, 4.69) is 37.2 Å². The Kier molecular flexibility index (Phi) is 5.77. The van der Waals surface area contributed by atoms with Crippen LogP contribution in [0.3, 0.4) is 0 Å². The Morgan fingerprint density at radius 2 is 1.86 bits per heavy atom. The normalized spacial score (nSPS) is 12.5. The van der Waals surface area contributed by atoms with E-state index >= 15 is 0 Å². The second-order valence-corrected chi connectivity index (χ2v) is 6.53. The monoisotopic (exact) mass is 437 g/mol. The Labute approximate surface area is 144 Å². The molecule has 0 heterocycles. The molecule has 2 aromatic rings. The van der Waals surface area contributed by atoms with Crippen molar-refractivity contribution in [2.45, 2.75) is 13.0 Å². The number of hydrogen-bond donors (Lipinski definition) is 1. The highest BCUT2D eigenvalue weighted by atomic mass is 79.9. The Balaban J connectivity index is 2.62. The zero-order chi connectivity index (χ0) is 15.6. The Bertz CT molecular complexity index is 644. The maximum Gasteiger partial charge on any atom is 0.129 e. The first kappa shape index (κ1) is 16.9. The average Bonchev–Trinajstić information content (AvgIpc) is 2.42. The third-order valence-electron chi connectivity index (χ3n) is 3.05. The summed E-state index contributed by atoms with van der Waals surface area (Å²) in [6.45, 7) is 2.43. The Hall–Kier alpha value is -0.490. The van der Waals surface area contributed by atoms with Crippen LogP contribution in [0.15, 0.2) is 39.3 Å². The molecule has 1 N–H and O–H groups in total. The van der Waals surface area contributed by atoms with Gasteiger partial charge >= 0.3 is 0 Å². The maximum atomic E-state index is 14.3. The van der Waals surface area contributed by atoms with Gasteiger partial charge in [-0.3, -0.25) is 0 Å². The summed E-state index contributed by atoms with van der Waals surface area (Å²) < 4.78 is 29.5. The molecule has 1 nitrogen and oxygen atoms in total. The third-order valence-corrected chi connectivity index (χ3v) is 4.94. The van der Waals surface area contributed by atoms with Crippen LogP contribution in [-0.4, -0.2) is 6.54 Å². The number of hydrogen-bond acceptors (Lipinski definition) is 1. The molecule has 0 aliphatic rings. The predicted molar refractivity (Wildman–Crippen MR) is 88.7 cm³/mol. The van der Waals surface area contributed by atoms with Gasteiger partial charge in [0.15, 0.2) is 0 Å². The van der Waals surface area contributed by atoms with Gasteiger partial charge in [-0.15, -0.1) is 0 Å². The molecule has 2 rings (SSSR count). The summed E-state index contributed by atoms with van der Waals surface area (Å²) in [4.78, 5) is 0. The fourth-order valence-electron chi connectivity index (χ4n) is 2.12. The van der Waals surface area contributed by atoms with E-state index in [0.29, 0.717) is 31.6 Å². The fraction of sp³-hybridized carbons (Fsp3) is 0.200. The van der Waals surface area contributed by atoms with E-state index in [-0.39, 0.29) is 0 Å². The van der Waals surface area contributed by atoms with Gasteiger partial charge in [0, 0.05) is 20.1 Å². The minimum Gasteiger partial charge on any atom is -0.306 e. The molecule has 0 aliphatic heterocycles. The van der Waals surface area contributed by atoms with E-state index in [0.717, 1.165) is 0 Å². The number of benzene rings is 2. The first-order chi connectivity index (χ1) is 9.95. The van der Waals surface area contributed by atoms with Crippen molar-refractivity contribution in [1.29, 1.82) is 0 Å². The molecule has 0 aliphatic carbocycles. The first-order valence-corrected chi connectivity index (χ1v) is 8.23. The van der Waals surface area contributed by atoms with Gasteiger partial charge in [-0.2, -0.15) is 0 Å². The molecule has 1 atom stereocenters. The van der Waals surface area contributed by atoms with E-state index in [1.54, 1.807) is 12.1 Å². The lowest BCUT2D eigenvalue weighted by Gasteiger charge is -2.22. The Morgan fingerprint density at radius 3 is 2.48 bits per heavy atom. The van der Waals surface area contributed by atoms with Gasteiger partial charge < -0.3 is 5.32 Å². The molecule has 0 aromatic heterocycles. The summed E-state index contributed by atoms with van der Waals surface area (Å²) in [5.41, 5.74) is 0.660. The fourth-order valence-corrected chi connectivity index (χ4v) is 3.18. The average molecular weight is 440 g/mol. The van der Waals surface area contributed by atoms with Crippen molar-refractivity contribution in [3.8, 4) is 0 Å². The lowest BCUT2D eigenvalue weighted by Crippen LogP contribution is -2.24. The molecule has 0 spiro atoms. The topological polar surface area (TPSA) is 12.0 Å². The number of rotatable bonds is 4. The van der Waals surface area contributed by atoms with Crippen molar-refractivity contribution in [2.24, 2.45) is 0 Å². The highest BCUT2D eigenvalue weighted by molar-refractivity contribution is 9.10. The van der Waals surface area contributed by atoms with Crippen LogP contribution in [0.2, 0.25) is 5.02 Å². The molecular formula is C15H12Br2ClF2N. The van der Waals surface area contributed by atoms with Crippen molar-refractivity contribution in [3.05, 3.63) is 67.1 Å². The van der Waals surface area contributed by atoms with Gasteiger partial charge in [0.2, 0.25) is 0 Å². The summed E-state index contributed by atoms with van der Waals surface area (Å²) in [6, 6.07) is 6.83. The minimum absolute atomic E-state index is 0.302. The molecule has 0 saturated carbocycles. The van der Waals surface area contributed by atoms with Gasteiger partial charge in [-0.1, -0.05) is 40.5 Å². The molecule has 6 heteroatoms. The van der Waals surface area contributed by atoms with E-state index < -0.39 is 17.7 Å². The highest BCUT2D eigenvalue weighted by Gasteiger charge is 2.23. The van der Waals surface area contributed by atoms with E-state index in [1.165, 1.54) is 18.2 Å². The molecule has 1 unspecified atom stereocenters. The zero-order valence-electron chi connectivity index (χ0n) is 11.1. The largest absolute Gasteiger partial charge is 0.306 e. The lowest BCUT2D eigenvalue weighted by atomic mass is 9.97. The zero-order valence-corrected chi connectivity index (χ0v) is 15.0. The van der Waals surface area contributed by atoms with Crippen LogP contribution in [0.5, 0.6) is 0 Å². The lowest BCUT2D eigenvalue weighted by molar-refractivity contribution is 0.528. The van der Waals surface area contributed by atoms with Crippen LogP contribution < -0.4 is 5.32 Å².